The third-order valence-corrected chi connectivity index (χ3v) is 3.43. The van der Waals surface area contributed by atoms with Gasteiger partial charge in [0.15, 0.2) is 0 Å². The van der Waals surface area contributed by atoms with Crippen molar-refractivity contribution in [2.24, 2.45) is 0 Å². The minimum Gasteiger partial charge on any atom is -0.478 e. The van der Waals surface area contributed by atoms with Crippen molar-refractivity contribution in [2.75, 3.05) is 0 Å². The summed E-state index contributed by atoms with van der Waals surface area (Å²) in [7, 11) is 0. The lowest BCUT2D eigenvalue weighted by atomic mass is 10.1. The molecule has 0 fully saturated rings. The summed E-state index contributed by atoms with van der Waals surface area (Å²) in [5.74, 6) is -0.919. The van der Waals surface area contributed by atoms with E-state index in [1.54, 1.807) is 24.5 Å². The minimum atomic E-state index is -0.919. The Bertz CT molecular complexity index is 573. The van der Waals surface area contributed by atoms with Crippen LogP contribution in [0.15, 0.2) is 47.2 Å². The molecule has 2 rings (SSSR count). The van der Waals surface area contributed by atoms with Crippen LogP contribution in [0.2, 0.25) is 0 Å². The first-order chi connectivity index (χ1) is 9.16. The number of carboxylic acid groups (broad SMARTS) is 1. The highest BCUT2D eigenvalue weighted by molar-refractivity contribution is 9.10. The Kier molecular flexibility index (Phi) is 4.65. The third-order valence-electron chi connectivity index (χ3n) is 2.69. The topological polar surface area (TPSA) is 62.2 Å². The number of aromatic carboxylic acids is 1. The van der Waals surface area contributed by atoms with Crippen molar-refractivity contribution in [3.05, 3.63) is 63.9 Å². The Morgan fingerprint density at radius 2 is 1.95 bits per heavy atom. The van der Waals surface area contributed by atoms with Gasteiger partial charge in [-0.2, -0.15) is 0 Å². The number of pyridine rings is 1. The lowest BCUT2D eigenvalue weighted by Gasteiger charge is -2.07. The zero-order chi connectivity index (χ0) is 13.7. The van der Waals surface area contributed by atoms with Crippen molar-refractivity contribution in [1.29, 1.82) is 0 Å². The molecule has 19 heavy (non-hydrogen) atoms. The van der Waals surface area contributed by atoms with Crippen LogP contribution in [0.3, 0.4) is 0 Å². The number of nitrogens with zero attached hydrogens (tertiary/aromatic N) is 1. The number of halogens is 1. The summed E-state index contributed by atoms with van der Waals surface area (Å²) in [6.07, 6.45) is 3.52. The van der Waals surface area contributed by atoms with Crippen LogP contribution < -0.4 is 5.32 Å². The fraction of sp³-hybridized carbons (Fsp3) is 0.143. The Hall–Kier alpha value is -1.72. The summed E-state index contributed by atoms with van der Waals surface area (Å²) in [5, 5.41) is 12.2. The van der Waals surface area contributed by atoms with Gasteiger partial charge in [0.1, 0.15) is 0 Å². The average Bonchev–Trinajstić information content (AvgIpc) is 2.41. The van der Waals surface area contributed by atoms with Gasteiger partial charge in [-0.1, -0.05) is 22.0 Å². The molecule has 1 aromatic carbocycles. The van der Waals surface area contributed by atoms with Crippen LogP contribution in [-0.4, -0.2) is 16.1 Å². The van der Waals surface area contributed by atoms with Crippen molar-refractivity contribution in [3.63, 3.8) is 0 Å². The van der Waals surface area contributed by atoms with E-state index in [2.05, 4.69) is 26.2 Å². The Morgan fingerprint density at radius 1 is 1.21 bits per heavy atom. The molecule has 0 aliphatic rings. The summed E-state index contributed by atoms with van der Waals surface area (Å²) in [4.78, 5) is 14.8. The van der Waals surface area contributed by atoms with E-state index in [0.29, 0.717) is 6.54 Å². The van der Waals surface area contributed by atoms with E-state index in [0.717, 1.165) is 22.1 Å². The van der Waals surface area contributed by atoms with E-state index in [1.165, 1.54) is 0 Å². The third kappa shape index (κ3) is 3.87. The smallest absolute Gasteiger partial charge is 0.335 e. The van der Waals surface area contributed by atoms with Crippen LogP contribution in [-0.2, 0) is 13.1 Å². The number of benzene rings is 1. The summed E-state index contributed by atoms with van der Waals surface area (Å²) >= 11 is 3.39. The van der Waals surface area contributed by atoms with Crippen molar-refractivity contribution < 1.29 is 9.90 Å². The van der Waals surface area contributed by atoms with Crippen LogP contribution in [0.4, 0.5) is 0 Å². The first kappa shape index (κ1) is 13.7. The molecule has 0 bridgehead atoms. The predicted molar refractivity (Wildman–Crippen MR) is 75.9 cm³/mol. The highest BCUT2D eigenvalue weighted by Gasteiger charge is 2.06. The number of carboxylic acids is 1. The zero-order valence-corrected chi connectivity index (χ0v) is 11.7. The van der Waals surface area contributed by atoms with Crippen LogP contribution in [0.5, 0.6) is 0 Å². The quantitative estimate of drug-likeness (QED) is 0.889. The molecule has 2 aromatic rings. The maximum absolute atomic E-state index is 10.8. The van der Waals surface area contributed by atoms with Crippen molar-refractivity contribution >= 4 is 21.9 Å². The summed E-state index contributed by atoms with van der Waals surface area (Å²) in [6.45, 7) is 1.42. The normalized spacial score (nSPS) is 10.4. The van der Waals surface area contributed by atoms with Gasteiger partial charge in [0.25, 0.3) is 0 Å². The standard InChI is InChI=1S/C14H13BrN2O2/c15-13-7-11(14(18)19)1-2-12(13)9-17-8-10-3-5-16-6-4-10/h1-7,17H,8-9H2,(H,18,19). The van der Waals surface area contributed by atoms with Crippen molar-refractivity contribution in [3.8, 4) is 0 Å². The number of hydrogen-bond acceptors (Lipinski definition) is 3. The van der Waals surface area contributed by atoms with Gasteiger partial charge in [0, 0.05) is 30.0 Å². The first-order valence-corrected chi connectivity index (χ1v) is 6.57. The maximum Gasteiger partial charge on any atom is 0.335 e. The lowest BCUT2D eigenvalue weighted by Crippen LogP contribution is -2.13. The first-order valence-electron chi connectivity index (χ1n) is 5.78. The Morgan fingerprint density at radius 3 is 2.58 bits per heavy atom. The van der Waals surface area contributed by atoms with Crippen LogP contribution in [0.25, 0.3) is 0 Å². The molecule has 0 spiro atoms. The molecule has 0 amide bonds. The molecule has 1 heterocycles. The van der Waals surface area contributed by atoms with E-state index in [-0.39, 0.29) is 5.56 Å². The molecule has 0 aliphatic carbocycles. The van der Waals surface area contributed by atoms with Crippen LogP contribution in [0, 0.1) is 0 Å². The monoisotopic (exact) mass is 320 g/mol. The summed E-state index contributed by atoms with van der Waals surface area (Å²) in [5.41, 5.74) is 2.47. The number of hydrogen-bond donors (Lipinski definition) is 2. The van der Waals surface area contributed by atoms with E-state index >= 15 is 0 Å². The minimum absolute atomic E-state index is 0.282. The van der Waals surface area contributed by atoms with Gasteiger partial charge in [-0.3, -0.25) is 4.98 Å². The molecule has 0 unspecified atom stereocenters. The van der Waals surface area contributed by atoms with Gasteiger partial charge in [-0.05, 0) is 35.4 Å². The Labute approximate surface area is 119 Å². The molecule has 98 valence electrons. The van der Waals surface area contributed by atoms with E-state index < -0.39 is 5.97 Å². The van der Waals surface area contributed by atoms with Gasteiger partial charge < -0.3 is 10.4 Å². The number of aromatic nitrogens is 1. The SMILES string of the molecule is O=C(O)c1ccc(CNCc2ccncc2)c(Br)c1. The number of rotatable bonds is 5. The average molecular weight is 321 g/mol. The van der Waals surface area contributed by atoms with Crippen molar-refractivity contribution in [1.82, 2.24) is 10.3 Å². The molecule has 0 aliphatic heterocycles. The highest BCUT2D eigenvalue weighted by atomic mass is 79.9. The molecule has 0 saturated carbocycles. The number of carbonyl (C=O) groups is 1. The van der Waals surface area contributed by atoms with Gasteiger partial charge in [-0.15, -0.1) is 0 Å². The molecule has 0 radical (unpaired) electrons. The fourth-order valence-electron chi connectivity index (χ4n) is 1.67. The van der Waals surface area contributed by atoms with E-state index in [1.807, 2.05) is 18.2 Å². The molecule has 4 nitrogen and oxygen atoms in total. The Balaban J connectivity index is 1.95. The van der Waals surface area contributed by atoms with E-state index in [9.17, 15) is 4.79 Å². The summed E-state index contributed by atoms with van der Waals surface area (Å²) < 4.78 is 0.801. The lowest BCUT2D eigenvalue weighted by molar-refractivity contribution is 0.0697. The second kappa shape index (κ2) is 6.45. The molecular weight excluding hydrogens is 308 g/mol. The second-order valence-corrected chi connectivity index (χ2v) is 4.92. The molecule has 0 atom stereocenters. The van der Waals surface area contributed by atoms with Gasteiger partial charge in [-0.25, -0.2) is 4.79 Å². The van der Waals surface area contributed by atoms with Crippen LogP contribution in [0.1, 0.15) is 21.5 Å². The molecule has 2 N–H and O–H groups in total. The number of nitrogens with one attached hydrogen (secondary N) is 1. The second-order valence-electron chi connectivity index (χ2n) is 4.07. The van der Waals surface area contributed by atoms with Crippen LogP contribution >= 0.6 is 15.9 Å². The molecule has 0 saturated heterocycles. The van der Waals surface area contributed by atoms with Gasteiger partial charge >= 0.3 is 5.97 Å². The van der Waals surface area contributed by atoms with E-state index in [4.69, 9.17) is 5.11 Å². The molecule has 1 aromatic heterocycles. The fourth-order valence-corrected chi connectivity index (χ4v) is 2.18. The van der Waals surface area contributed by atoms with Crippen molar-refractivity contribution in [2.45, 2.75) is 13.1 Å². The largest absolute Gasteiger partial charge is 0.478 e. The molecule has 5 heteroatoms. The highest BCUT2D eigenvalue weighted by Crippen LogP contribution is 2.18. The van der Waals surface area contributed by atoms with Gasteiger partial charge in [0.05, 0.1) is 5.56 Å². The van der Waals surface area contributed by atoms with Gasteiger partial charge in [0.2, 0.25) is 0 Å². The maximum atomic E-state index is 10.8. The zero-order valence-electron chi connectivity index (χ0n) is 10.1. The summed E-state index contributed by atoms with van der Waals surface area (Å²) in [6, 6.07) is 8.94. The predicted octanol–water partition coefficient (Wildman–Crippen LogP) is 2.83. The molecular formula is C14H13BrN2O2.